The molecule has 0 spiro atoms. The molecule has 2 aromatic carbocycles. The standard InChI is InChI=1S/C23H27F2N3O4S/c1-16-14-20(9-10-21(16)25)33(31,32)28-13-3-2-4-19(28)11-12-26-22(29)23(30)27-15-17-5-7-18(24)8-6-17/h5-10,14,19H,2-4,11-13,15H2,1H3,(H,26,29)(H,27,30)/t19-/m1/s1. The molecule has 0 aromatic heterocycles. The summed E-state index contributed by atoms with van der Waals surface area (Å²) in [5.41, 5.74) is 0.903. The van der Waals surface area contributed by atoms with Gasteiger partial charge in [-0.2, -0.15) is 4.31 Å². The van der Waals surface area contributed by atoms with Crippen LogP contribution in [0, 0.1) is 18.6 Å². The zero-order valence-corrected chi connectivity index (χ0v) is 19.1. The van der Waals surface area contributed by atoms with Crippen molar-refractivity contribution < 1.29 is 26.8 Å². The Hall–Kier alpha value is -2.85. The maximum atomic E-state index is 13.6. The molecule has 10 heteroatoms. The topological polar surface area (TPSA) is 95.6 Å². The number of hydrogen-bond donors (Lipinski definition) is 2. The van der Waals surface area contributed by atoms with Crippen molar-refractivity contribution >= 4 is 21.8 Å². The highest BCUT2D eigenvalue weighted by atomic mass is 32.2. The monoisotopic (exact) mass is 479 g/mol. The first-order valence-corrected chi connectivity index (χ1v) is 12.2. The lowest BCUT2D eigenvalue weighted by Gasteiger charge is -2.34. The minimum atomic E-state index is -3.81. The van der Waals surface area contributed by atoms with Crippen LogP contribution < -0.4 is 10.6 Å². The molecule has 1 heterocycles. The molecule has 0 saturated carbocycles. The summed E-state index contributed by atoms with van der Waals surface area (Å²) in [4.78, 5) is 24.1. The van der Waals surface area contributed by atoms with Crippen molar-refractivity contribution in [1.82, 2.24) is 14.9 Å². The maximum absolute atomic E-state index is 13.6. The zero-order valence-electron chi connectivity index (χ0n) is 18.3. The van der Waals surface area contributed by atoms with Gasteiger partial charge in [-0.15, -0.1) is 0 Å². The fraction of sp³-hybridized carbons (Fsp3) is 0.391. The number of hydrogen-bond acceptors (Lipinski definition) is 4. The fourth-order valence-corrected chi connectivity index (χ4v) is 5.60. The molecule has 0 aliphatic carbocycles. The second-order valence-corrected chi connectivity index (χ2v) is 9.92. The lowest BCUT2D eigenvalue weighted by Crippen LogP contribution is -2.46. The van der Waals surface area contributed by atoms with Crippen LogP contribution in [0.1, 0.15) is 36.8 Å². The number of rotatable bonds is 7. The van der Waals surface area contributed by atoms with Gasteiger partial charge in [0.05, 0.1) is 4.90 Å². The number of sulfonamides is 1. The molecule has 1 atom stereocenters. The highest BCUT2D eigenvalue weighted by molar-refractivity contribution is 7.89. The van der Waals surface area contributed by atoms with Gasteiger partial charge < -0.3 is 10.6 Å². The molecule has 3 rings (SSSR count). The van der Waals surface area contributed by atoms with Crippen molar-refractivity contribution in [2.24, 2.45) is 0 Å². The summed E-state index contributed by atoms with van der Waals surface area (Å²) in [5.74, 6) is -2.51. The van der Waals surface area contributed by atoms with Crippen LogP contribution in [0.2, 0.25) is 0 Å². The molecule has 1 aliphatic heterocycles. The van der Waals surface area contributed by atoms with Crippen LogP contribution in [0.3, 0.4) is 0 Å². The summed E-state index contributed by atoms with van der Waals surface area (Å²) in [5, 5.41) is 4.98. The van der Waals surface area contributed by atoms with Gasteiger partial charge >= 0.3 is 11.8 Å². The number of nitrogens with one attached hydrogen (secondary N) is 2. The molecular weight excluding hydrogens is 452 g/mol. The Morgan fingerprint density at radius 1 is 1.03 bits per heavy atom. The number of aryl methyl sites for hydroxylation is 1. The van der Waals surface area contributed by atoms with Gasteiger partial charge in [-0.05, 0) is 67.6 Å². The maximum Gasteiger partial charge on any atom is 0.309 e. The lowest BCUT2D eigenvalue weighted by molar-refractivity contribution is -0.139. The molecule has 1 saturated heterocycles. The van der Waals surface area contributed by atoms with E-state index in [-0.39, 0.29) is 29.6 Å². The molecule has 2 N–H and O–H groups in total. The Morgan fingerprint density at radius 2 is 1.73 bits per heavy atom. The predicted octanol–water partition coefficient (Wildman–Crippen LogP) is 2.64. The molecule has 33 heavy (non-hydrogen) atoms. The van der Waals surface area contributed by atoms with Gasteiger partial charge in [0.2, 0.25) is 10.0 Å². The normalized spacial score (nSPS) is 16.9. The van der Waals surface area contributed by atoms with Gasteiger partial charge in [-0.25, -0.2) is 17.2 Å². The van der Waals surface area contributed by atoms with Crippen molar-refractivity contribution in [3.05, 3.63) is 65.2 Å². The summed E-state index contributed by atoms with van der Waals surface area (Å²) in [6.45, 7) is 2.06. The van der Waals surface area contributed by atoms with Gasteiger partial charge in [0.25, 0.3) is 0 Å². The minimum Gasteiger partial charge on any atom is -0.348 e. The van der Waals surface area contributed by atoms with Crippen molar-refractivity contribution in [3.8, 4) is 0 Å². The summed E-state index contributed by atoms with van der Waals surface area (Å²) in [7, 11) is -3.81. The van der Waals surface area contributed by atoms with Crippen LogP contribution in [0.15, 0.2) is 47.4 Å². The fourth-order valence-electron chi connectivity index (χ4n) is 3.79. The zero-order chi connectivity index (χ0) is 24.0. The Morgan fingerprint density at radius 3 is 2.42 bits per heavy atom. The molecule has 0 unspecified atom stereocenters. The van der Waals surface area contributed by atoms with Crippen LogP contribution in [0.25, 0.3) is 0 Å². The van der Waals surface area contributed by atoms with E-state index in [1.807, 2.05) is 0 Å². The van der Waals surface area contributed by atoms with E-state index in [0.717, 1.165) is 12.5 Å². The lowest BCUT2D eigenvalue weighted by atomic mass is 10.0. The number of halogens is 2. The number of carbonyl (C=O) groups is 2. The average molecular weight is 480 g/mol. The van der Waals surface area contributed by atoms with E-state index in [1.54, 1.807) is 0 Å². The third-order valence-corrected chi connectivity index (χ3v) is 7.59. The molecular formula is C23H27F2N3O4S. The van der Waals surface area contributed by atoms with Crippen LogP contribution in [0.4, 0.5) is 8.78 Å². The highest BCUT2D eigenvalue weighted by Crippen LogP contribution is 2.27. The van der Waals surface area contributed by atoms with E-state index in [9.17, 15) is 26.8 Å². The number of carbonyl (C=O) groups excluding carboxylic acids is 2. The minimum absolute atomic E-state index is 0.0394. The third-order valence-electron chi connectivity index (χ3n) is 5.64. The van der Waals surface area contributed by atoms with Gasteiger partial charge in [0.1, 0.15) is 11.6 Å². The largest absolute Gasteiger partial charge is 0.348 e. The first-order valence-electron chi connectivity index (χ1n) is 10.8. The molecule has 0 bridgehead atoms. The molecule has 0 radical (unpaired) electrons. The van der Waals surface area contributed by atoms with Crippen LogP contribution >= 0.6 is 0 Å². The molecule has 2 aromatic rings. The smallest absolute Gasteiger partial charge is 0.309 e. The SMILES string of the molecule is Cc1cc(S(=O)(=O)N2CCCC[C@@H]2CCNC(=O)C(=O)NCc2ccc(F)cc2)ccc1F. The first kappa shape index (κ1) is 24.8. The Balaban J connectivity index is 1.54. The number of nitrogens with zero attached hydrogens (tertiary/aromatic N) is 1. The molecule has 1 fully saturated rings. The number of benzene rings is 2. The van der Waals surface area contributed by atoms with Crippen molar-refractivity contribution in [1.29, 1.82) is 0 Å². The first-order chi connectivity index (χ1) is 15.7. The summed E-state index contributed by atoms with van der Waals surface area (Å²) in [6.07, 6.45) is 2.54. The van der Waals surface area contributed by atoms with E-state index in [4.69, 9.17) is 0 Å². The van der Waals surface area contributed by atoms with Crippen LogP contribution in [-0.4, -0.2) is 43.7 Å². The van der Waals surface area contributed by atoms with E-state index in [1.165, 1.54) is 47.6 Å². The van der Waals surface area contributed by atoms with Crippen LogP contribution in [0.5, 0.6) is 0 Å². The molecule has 1 aliphatic rings. The van der Waals surface area contributed by atoms with Gasteiger partial charge in [0, 0.05) is 25.7 Å². The second-order valence-electron chi connectivity index (χ2n) is 8.03. The van der Waals surface area contributed by atoms with E-state index >= 15 is 0 Å². The Bertz CT molecular complexity index is 1110. The molecule has 178 valence electrons. The third kappa shape index (κ3) is 6.35. The van der Waals surface area contributed by atoms with Crippen molar-refractivity contribution in [3.63, 3.8) is 0 Å². The van der Waals surface area contributed by atoms with Gasteiger partial charge in [-0.3, -0.25) is 9.59 Å². The van der Waals surface area contributed by atoms with Gasteiger partial charge in [-0.1, -0.05) is 18.6 Å². The van der Waals surface area contributed by atoms with E-state index in [2.05, 4.69) is 10.6 Å². The summed E-state index contributed by atoms with van der Waals surface area (Å²) in [6, 6.07) is 8.93. The summed E-state index contributed by atoms with van der Waals surface area (Å²) < 4.78 is 54.2. The predicted molar refractivity (Wildman–Crippen MR) is 119 cm³/mol. The van der Waals surface area contributed by atoms with Crippen molar-refractivity contribution in [2.45, 2.75) is 50.1 Å². The number of piperidine rings is 1. The Kier molecular flexibility index (Phi) is 8.15. The second kappa shape index (κ2) is 10.8. The summed E-state index contributed by atoms with van der Waals surface area (Å²) >= 11 is 0. The molecule has 2 amide bonds. The number of amides is 2. The Labute approximate surface area is 192 Å². The van der Waals surface area contributed by atoms with Gasteiger partial charge in [0.15, 0.2) is 0 Å². The van der Waals surface area contributed by atoms with E-state index < -0.39 is 33.5 Å². The van der Waals surface area contributed by atoms with E-state index in [0.29, 0.717) is 31.4 Å². The van der Waals surface area contributed by atoms with Crippen molar-refractivity contribution in [2.75, 3.05) is 13.1 Å². The average Bonchev–Trinajstić information content (AvgIpc) is 2.80. The quantitative estimate of drug-likeness (QED) is 0.597. The van der Waals surface area contributed by atoms with Crippen LogP contribution in [-0.2, 0) is 26.2 Å². The highest BCUT2D eigenvalue weighted by Gasteiger charge is 2.33. The molecule has 7 nitrogen and oxygen atoms in total.